The second kappa shape index (κ2) is 5.99. The Kier molecular flexibility index (Phi) is 5.22. The summed E-state index contributed by atoms with van der Waals surface area (Å²) in [5.41, 5.74) is 6.29. The molecule has 0 aromatic rings. The summed E-state index contributed by atoms with van der Waals surface area (Å²) in [6.45, 7) is 14.7. The number of piperazine rings is 1. The summed E-state index contributed by atoms with van der Waals surface area (Å²) in [4.78, 5) is 5.07. The van der Waals surface area contributed by atoms with E-state index in [9.17, 15) is 0 Å². The normalized spacial score (nSPS) is 23.6. The van der Waals surface area contributed by atoms with Gasteiger partial charge in [0.25, 0.3) is 0 Å². The van der Waals surface area contributed by atoms with Crippen molar-refractivity contribution in [2.24, 2.45) is 5.73 Å². The Labute approximate surface area is 101 Å². The molecule has 0 aliphatic carbocycles. The molecule has 1 atom stereocenters. The molecule has 3 heteroatoms. The molecule has 96 valence electrons. The van der Waals surface area contributed by atoms with E-state index in [1.807, 2.05) is 0 Å². The molecule has 0 spiro atoms. The summed E-state index contributed by atoms with van der Waals surface area (Å²) in [6, 6.07) is 0.682. The maximum Gasteiger partial charge on any atom is 0.0254 e. The molecular weight excluding hydrogens is 198 g/mol. The molecule has 1 heterocycles. The van der Waals surface area contributed by atoms with Crippen LogP contribution in [0.15, 0.2) is 0 Å². The van der Waals surface area contributed by atoms with E-state index in [2.05, 4.69) is 37.5 Å². The van der Waals surface area contributed by atoms with Gasteiger partial charge in [0.05, 0.1) is 0 Å². The molecular formula is C13H29N3. The number of nitrogens with zero attached hydrogens (tertiary/aromatic N) is 2. The first-order valence-corrected chi connectivity index (χ1v) is 6.70. The zero-order valence-corrected chi connectivity index (χ0v) is 11.5. The minimum Gasteiger partial charge on any atom is -0.324 e. The molecule has 3 nitrogen and oxygen atoms in total. The molecule has 1 unspecified atom stereocenters. The van der Waals surface area contributed by atoms with Crippen molar-refractivity contribution in [3.05, 3.63) is 0 Å². The Balaban J connectivity index is 2.31. The molecule has 0 aromatic carbocycles. The van der Waals surface area contributed by atoms with E-state index in [1.165, 1.54) is 32.6 Å². The molecule has 1 rings (SSSR count). The first-order chi connectivity index (χ1) is 7.44. The van der Waals surface area contributed by atoms with Gasteiger partial charge in [0, 0.05) is 44.3 Å². The summed E-state index contributed by atoms with van der Waals surface area (Å²) in [7, 11) is 0. The van der Waals surface area contributed by atoms with Gasteiger partial charge in [-0.25, -0.2) is 0 Å². The number of nitrogens with two attached hydrogens (primary N) is 1. The van der Waals surface area contributed by atoms with Gasteiger partial charge in [0.2, 0.25) is 0 Å². The smallest absolute Gasteiger partial charge is 0.0254 e. The Hall–Kier alpha value is -0.120. The van der Waals surface area contributed by atoms with Crippen LogP contribution in [0.4, 0.5) is 0 Å². The minimum atomic E-state index is -0.00521. The molecule has 0 bridgehead atoms. The van der Waals surface area contributed by atoms with Crippen LogP contribution in [0, 0.1) is 0 Å². The lowest BCUT2D eigenvalue weighted by atomic mass is 9.96. The average Bonchev–Trinajstić information content (AvgIpc) is 2.17. The van der Waals surface area contributed by atoms with Crippen LogP contribution < -0.4 is 5.73 Å². The van der Waals surface area contributed by atoms with Gasteiger partial charge in [-0.15, -0.1) is 0 Å². The first-order valence-electron chi connectivity index (χ1n) is 6.70. The maximum atomic E-state index is 6.30. The van der Waals surface area contributed by atoms with Gasteiger partial charge in [0.1, 0.15) is 0 Å². The first kappa shape index (κ1) is 13.9. The third-order valence-electron chi connectivity index (χ3n) is 3.54. The van der Waals surface area contributed by atoms with E-state index in [1.54, 1.807) is 0 Å². The van der Waals surface area contributed by atoms with Gasteiger partial charge in [-0.3, -0.25) is 9.80 Å². The van der Waals surface area contributed by atoms with Gasteiger partial charge in [0.15, 0.2) is 0 Å². The summed E-state index contributed by atoms with van der Waals surface area (Å²) >= 11 is 0. The van der Waals surface area contributed by atoms with Crippen LogP contribution in [0.3, 0.4) is 0 Å². The highest BCUT2D eigenvalue weighted by Crippen LogP contribution is 2.13. The van der Waals surface area contributed by atoms with Crippen LogP contribution >= 0.6 is 0 Å². The molecule has 0 aromatic heterocycles. The fourth-order valence-electron chi connectivity index (χ4n) is 2.60. The molecule has 1 aliphatic heterocycles. The SMILES string of the molecule is CCCC(C)(N)CN1CCN(C(C)C)CC1. The standard InChI is InChI=1S/C13H29N3/c1-5-6-13(4,14)11-15-7-9-16(10-8-15)12(2)3/h12H,5-11,14H2,1-4H3. The number of hydrogen-bond donors (Lipinski definition) is 1. The van der Waals surface area contributed by atoms with Gasteiger partial charge in [-0.1, -0.05) is 13.3 Å². The average molecular weight is 227 g/mol. The summed E-state index contributed by atoms with van der Waals surface area (Å²) in [5.74, 6) is 0. The molecule has 1 aliphatic rings. The second-order valence-corrected chi connectivity index (χ2v) is 5.81. The van der Waals surface area contributed by atoms with Crippen LogP contribution in [-0.4, -0.2) is 54.1 Å². The van der Waals surface area contributed by atoms with Crippen molar-refractivity contribution in [2.75, 3.05) is 32.7 Å². The van der Waals surface area contributed by atoms with Crippen molar-refractivity contribution in [1.82, 2.24) is 9.80 Å². The molecule has 2 N–H and O–H groups in total. The lowest BCUT2D eigenvalue weighted by Gasteiger charge is -2.40. The fraction of sp³-hybridized carbons (Fsp3) is 1.00. The van der Waals surface area contributed by atoms with E-state index >= 15 is 0 Å². The highest BCUT2D eigenvalue weighted by Gasteiger charge is 2.25. The highest BCUT2D eigenvalue weighted by atomic mass is 15.3. The largest absolute Gasteiger partial charge is 0.324 e. The predicted molar refractivity (Wildman–Crippen MR) is 70.6 cm³/mol. The van der Waals surface area contributed by atoms with E-state index in [0.717, 1.165) is 13.0 Å². The van der Waals surface area contributed by atoms with E-state index < -0.39 is 0 Å². The lowest BCUT2D eigenvalue weighted by molar-refractivity contribution is 0.0919. The Morgan fingerprint density at radius 1 is 1.19 bits per heavy atom. The fourth-order valence-corrected chi connectivity index (χ4v) is 2.60. The second-order valence-electron chi connectivity index (χ2n) is 5.81. The monoisotopic (exact) mass is 227 g/mol. The number of hydrogen-bond acceptors (Lipinski definition) is 3. The van der Waals surface area contributed by atoms with E-state index in [0.29, 0.717) is 6.04 Å². The predicted octanol–water partition coefficient (Wildman–Crippen LogP) is 1.53. The third kappa shape index (κ3) is 4.40. The van der Waals surface area contributed by atoms with Crippen molar-refractivity contribution in [2.45, 2.75) is 52.1 Å². The third-order valence-corrected chi connectivity index (χ3v) is 3.54. The Morgan fingerprint density at radius 3 is 2.19 bits per heavy atom. The van der Waals surface area contributed by atoms with Gasteiger partial charge in [-0.2, -0.15) is 0 Å². The van der Waals surface area contributed by atoms with Gasteiger partial charge < -0.3 is 5.73 Å². The van der Waals surface area contributed by atoms with Crippen LogP contribution in [0.2, 0.25) is 0 Å². The Morgan fingerprint density at radius 2 is 1.75 bits per heavy atom. The van der Waals surface area contributed by atoms with Crippen LogP contribution in [0.5, 0.6) is 0 Å². The quantitative estimate of drug-likeness (QED) is 0.773. The lowest BCUT2D eigenvalue weighted by Crippen LogP contribution is -2.55. The van der Waals surface area contributed by atoms with Gasteiger partial charge >= 0.3 is 0 Å². The maximum absolute atomic E-state index is 6.30. The molecule has 1 saturated heterocycles. The summed E-state index contributed by atoms with van der Waals surface area (Å²) in [5, 5.41) is 0. The van der Waals surface area contributed by atoms with Crippen molar-refractivity contribution in [3.63, 3.8) is 0 Å². The van der Waals surface area contributed by atoms with Crippen LogP contribution in [-0.2, 0) is 0 Å². The zero-order valence-electron chi connectivity index (χ0n) is 11.5. The highest BCUT2D eigenvalue weighted by molar-refractivity contribution is 4.85. The van der Waals surface area contributed by atoms with Crippen molar-refractivity contribution < 1.29 is 0 Å². The molecule has 0 saturated carbocycles. The summed E-state index contributed by atoms with van der Waals surface area (Å²) in [6.07, 6.45) is 2.30. The summed E-state index contributed by atoms with van der Waals surface area (Å²) < 4.78 is 0. The molecule has 0 amide bonds. The number of rotatable bonds is 5. The topological polar surface area (TPSA) is 32.5 Å². The van der Waals surface area contributed by atoms with E-state index in [-0.39, 0.29) is 5.54 Å². The van der Waals surface area contributed by atoms with Crippen LogP contribution in [0.25, 0.3) is 0 Å². The minimum absolute atomic E-state index is 0.00521. The zero-order chi connectivity index (χ0) is 12.2. The van der Waals surface area contributed by atoms with Crippen molar-refractivity contribution >= 4 is 0 Å². The Bertz CT molecular complexity index is 193. The molecule has 16 heavy (non-hydrogen) atoms. The molecule has 0 radical (unpaired) electrons. The molecule has 1 fully saturated rings. The van der Waals surface area contributed by atoms with Crippen molar-refractivity contribution in [3.8, 4) is 0 Å². The van der Waals surface area contributed by atoms with E-state index in [4.69, 9.17) is 5.73 Å². The van der Waals surface area contributed by atoms with Crippen molar-refractivity contribution in [1.29, 1.82) is 0 Å². The van der Waals surface area contributed by atoms with Gasteiger partial charge in [-0.05, 0) is 27.2 Å². The van der Waals surface area contributed by atoms with Crippen LogP contribution in [0.1, 0.15) is 40.5 Å².